The van der Waals surface area contributed by atoms with E-state index in [-0.39, 0.29) is 4.90 Å². The molecule has 0 radical (unpaired) electrons. The lowest BCUT2D eigenvalue weighted by Gasteiger charge is -2.08. The van der Waals surface area contributed by atoms with Crippen LogP contribution in [0.2, 0.25) is 0 Å². The Labute approximate surface area is 162 Å². The number of aromatic nitrogens is 3. The van der Waals surface area contributed by atoms with E-state index in [4.69, 9.17) is 10.4 Å². The van der Waals surface area contributed by atoms with E-state index < -0.39 is 10.0 Å². The summed E-state index contributed by atoms with van der Waals surface area (Å²) in [5, 5.41) is 28.0. The molecular formula is C18H17N7O2S. The van der Waals surface area contributed by atoms with Crippen molar-refractivity contribution in [1.82, 2.24) is 15.2 Å². The summed E-state index contributed by atoms with van der Waals surface area (Å²) in [5.41, 5.74) is 2.17. The number of rotatable bonds is 7. The lowest BCUT2D eigenvalue weighted by molar-refractivity contribution is 0.598. The molecule has 0 spiro atoms. The Kier molecular flexibility index (Phi) is 5.78. The van der Waals surface area contributed by atoms with Crippen LogP contribution in [0.5, 0.6) is 0 Å². The van der Waals surface area contributed by atoms with Crippen molar-refractivity contribution in [3.8, 4) is 6.07 Å². The summed E-state index contributed by atoms with van der Waals surface area (Å²) >= 11 is 0. The van der Waals surface area contributed by atoms with Gasteiger partial charge in [-0.2, -0.15) is 15.3 Å². The molecule has 1 aromatic heterocycles. The second kappa shape index (κ2) is 8.43. The molecule has 9 nitrogen and oxygen atoms in total. The van der Waals surface area contributed by atoms with Crippen molar-refractivity contribution in [2.24, 2.45) is 5.14 Å². The Morgan fingerprint density at radius 3 is 2.64 bits per heavy atom. The molecule has 0 atom stereocenters. The SMILES string of the molecule is N#Cc1cccc(Nc2nncc(NCCc3ccc(S(N)(=O)=O)cc3)n2)c1. The van der Waals surface area contributed by atoms with Crippen LogP contribution in [0.3, 0.4) is 0 Å². The van der Waals surface area contributed by atoms with Gasteiger partial charge in [0.15, 0.2) is 5.82 Å². The molecule has 2 aromatic carbocycles. The van der Waals surface area contributed by atoms with E-state index in [1.54, 1.807) is 36.4 Å². The first-order valence-corrected chi connectivity index (χ1v) is 9.81. The van der Waals surface area contributed by atoms with E-state index in [9.17, 15) is 8.42 Å². The molecular weight excluding hydrogens is 378 g/mol. The minimum atomic E-state index is -3.68. The van der Waals surface area contributed by atoms with Gasteiger partial charge in [0.25, 0.3) is 0 Å². The highest BCUT2D eigenvalue weighted by atomic mass is 32.2. The minimum Gasteiger partial charge on any atom is -0.368 e. The van der Waals surface area contributed by atoms with Crippen molar-refractivity contribution >= 4 is 27.5 Å². The maximum atomic E-state index is 11.3. The highest BCUT2D eigenvalue weighted by Crippen LogP contribution is 2.15. The topological polar surface area (TPSA) is 147 Å². The first-order valence-electron chi connectivity index (χ1n) is 8.26. The second-order valence-electron chi connectivity index (χ2n) is 5.85. The number of primary sulfonamides is 1. The number of benzene rings is 2. The van der Waals surface area contributed by atoms with Crippen LogP contribution in [-0.4, -0.2) is 30.1 Å². The molecule has 4 N–H and O–H groups in total. The van der Waals surface area contributed by atoms with Gasteiger partial charge in [0.2, 0.25) is 16.0 Å². The Bertz CT molecular complexity index is 1110. The van der Waals surface area contributed by atoms with Crippen LogP contribution in [0.25, 0.3) is 0 Å². The van der Waals surface area contributed by atoms with E-state index in [1.165, 1.54) is 18.3 Å². The fourth-order valence-corrected chi connectivity index (χ4v) is 2.93. The van der Waals surface area contributed by atoms with Gasteiger partial charge in [-0.05, 0) is 42.3 Å². The quantitative estimate of drug-likeness (QED) is 0.548. The summed E-state index contributed by atoms with van der Waals surface area (Å²) < 4.78 is 22.5. The van der Waals surface area contributed by atoms with Crippen LogP contribution in [0.15, 0.2) is 59.6 Å². The van der Waals surface area contributed by atoms with E-state index in [1.807, 2.05) is 0 Å². The third-order valence-electron chi connectivity index (χ3n) is 3.78. The van der Waals surface area contributed by atoms with Crippen LogP contribution in [0, 0.1) is 11.3 Å². The van der Waals surface area contributed by atoms with Gasteiger partial charge in [0, 0.05) is 12.2 Å². The van der Waals surface area contributed by atoms with Crippen molar-refractivity contribution < 1.29 is 8.42 Å². The molecule has 10 heteroatoms. The molecule has 0 aliphatic carbocycles. The molecule has 1 heterocycles. The lowest BCUT2D eigenvalue weighted by Crippen LogP contribution is -2.12. The molecule has 0 saturated carbocycles. The maximum absolute atomic E-state index is 11.3. The molecule has 0 amide bonds. The van der Waals surface area contributed by atoms with Gasteiger partial charge in [0.1, 0.15) is 0 Å². The molecule has 0 bridgehead atoms. The minimum absolute atomic E-state index is 0.0837. The number of nitrogens with one attached hydrogen (secondary N) is 2. The Morgan fingerprint density at radius 1 is 1.14 bits per heavy atom. The molecule has 0 unspecified atom stereocenters. The molecule has 3 rings (SSSR count). The molecule has 28 heavy (non-hydrogen) atoms. The Morgan fingerprint density at radius 2 is 1.93 bits per heavy atom. The van der Waals surface area contributed by atoms with Crippen LogP contribution >= 0.6 is 0 Å². The highest BCUT2D eigenvalue weighted by molar-refractivity contribution is 7.89. The number of nitriles is 1. The van der Waals surface area contributed by atoms with Crippen LogP contribution < -0.4 is 15.8 Å². The summed E-state index contributed by atoms with van der Waals surface area (Å²) in [5.74, 6) is 0.840. The van der Waals surface area contributed by atoms with Crippen molar-refractivity contribution in [3.63, 3.8) is 0 Å². The van der Waals surface area contributed by atoms with E-state index >= 15 is 0 Å². The molecule has 0 saturated heterocycles. The van der Waals surface area contributed by atoms with E-state index in [0.29, 0.717) is 36.0 Å². The zero-order valence-electron chi connectivity index (χ0n) is 14.7. The Hall–Kier alpha value is -3.55. The monoisotopic (exact) mass is 395 g/mol. The van der Waals surface area contributed by atoms with Gasteiger partial charge in [-0.15, -0.1) is 5.10 Å². The summed E-state index contributed by atoms with van der Waals surface area (Å²) in [4.78, 5) is 4.41. The summed E-state index contributed by atoms with van der Waals surface area (Å²) in [6, 6.07) is 15.4. The first-order chi connectivity index (χ1) is 13.4. The maximum Gasteiger partial charge on any atom is 0.249 e. The lowest BCUT2D eigenvalue weighted by atomic mass is 10.1. The molecule has 0 fully saturated rings. The van der Waals surface area contributed by atoms with Crippen LogP contribution in [-0.2, 0) is 16.4 Å². The van der Waals surface area contributed by atoms with Crippen molar-refractivity contribution in [2.45, 2.75) is 11.3 Å². The fourth-order valence-electron chi connectivity index (χ4n) is 2.42. The third kappa shape index (κ3) is 5.23. The van der Waals surface area contributed by atoms with Gasteiger partial charge in [-0.3, -0.25) is 0 Å². The van der Waals surface area contributed by atoms with Crippen molar-refractivity contribution in [2.75, 3.05) is 17.2 Å². The first kappa shape index (κ1) is 19.2. The van der Waals surface area contributed by atoms with Crippen LogP contribution in [0.4, 0.5) is 17.5 Å². The predicted octanol–water partition coefficient (Wildman–Crippen LogP) is 1.79. The average Bonchev–Trinajstić information content (AvgIpc) is 2.68. The molecule has 3 aromatic rings. The highest BCUT2D eigenvalue weighted by Gasteiger charge is 2.07. The van der Waals surface area contributed by atoms with Gasteiger partial charge in [-0.25, -0.2) is 13.6 Å². The normalized spacial score (nSPS) is 10.9. The summed E-state index contributed by atoms with van der Waals surface area (Å²) in [7, 11) is -3.68. The number of hydrogen-bond acceptors (Lipinski definition) is 8. The number of anilines is 3. The summed E-state index contributed by atoms with van der Waals surface area (Å²) in [6.07, 6.45) is 2.16. The zero-order valence-corrected chi connectivity index (χ0v) is 15.5. The number of sulfonamides is 1. The predicted molar refractivity (Wildman–Crippen MR) is 104 cm³/mol. The van der Waals surface area contributed by atoms with Gasteiger partial charge < -0.3 is 10.6 Å². The standard InChI is InChI=1S/C18H17N7O2S/c19-11-14-2-1-3-15(10-14)23-18-24-17(12-22-25-18)21-9-8-13-4-6-16(7-5-13)28(20,26)27/h1-7,10,12H,8-9H2,(H2,20,26,27)(H2,21,23,24,25). The Balaban J connectivity index is 1.58. The molecule has 142 valence electrons. The van der Waals surface area contributed by atoms with Crippen molar-refractivity contribution in [1.29, 1.82) is 5.26 Å². The second-order valence-corrected chi connectivity index (χ2v) is 7.41. The largest absolute Gasteiger partial charge is 0.368 e. The zero-order chi connectivity index (χ0) is 20.0. The van der Waals surface area contributed by atoms with Gasteiger partial charge in [-0.1, -0.05) is 18.2 Å². The van der Waals surface area contributed by atoms with E-state index in [2.05, 4.69) is 31.9 Å². The smallest absolute Gasteiger partial charge is 0.249 e. The van der Waals surface area contributed by atoms with Gasteiger partial charge in [0.05, 0.1) is 22.7 Å². The third-order valence-corrected chi connectivity index (χ3v) is 4.71. The number of nitrogens with zero attached hydrogens (tertiary/aromatic N) is 4. The number of hydrogen-bond donors (Lipinski definition) is 3. The fraction of sp³-hybridized carbons (Fsp3) is 0.111. The van der Waals surface area contributed by atoms with Crippen LogP contribution in [0.1, 0.15) is 11.1 Å². The molecule has 0 aliphatic heterocycles. The van der Waals surface area contributed by atoms with Crippen molar-refractivity contribution in [3.05, 3.63) is 65.9 Å². The number of nitrogens with two attached hydrogens (primary N) is 1. The summed E-state index contributed by atoms with van der Waals surface area (Å²) in [6.45, 7) is 0.566. The average molecular weight is 395 g/mol. The van der Waals surface area contributed by atoms with E-state index in [0.717, 1.165) is 5.56 Å². The van der Waals surface area contributed by atoms with Gasteiger partial charge >= 0.3 is 0 Å². The molecule has 0 aliphatic rings.